The zero-order chi connectivity index (χ0) is 16.1. The smallest absolute Gasteiger partial charge is 0.306 e. The lowest BCUT2D eigenvalue weighted by molar-refractivity contribution is -0.143. The van der Waals surface area contributed by atoms with Crippen LogP contribution in [0.4, 0.5) is 0 Å². The van der Waals surface area contributed by atoms with E-state index >= 15 is 0 Å². The van der Waals surface area contributed by atoms with Gasteiger partial charge in [-0.15, -0.1) is 0 Å². The van der Waals surface area contributed by atoms with E-state index in [2.05, 4.69) is 15.2 Å². The standard InChI is InChI=1S/C15H21N3O4/c1-16-14(19)12-7-13(22-2)11(8-17-12)9-18-5-3-10(4-6-18)15(20)21/h7-8,10H,3-6,9H2,1-2H3,(H,16,19)(H,20,21). The third kappa shape index (κ3) is 3.73. The number of rotatable bonds is 5. The van der Waals surface area contributed by atoms with E-state index < -0.39 is 5.97 Å². The minimum Gasteiger partial charge on any atom is -0.496 e. The van der Waals surface area contributed by atoms with E-state index in [-0.39, 0.29) is 11.8 Å². The number of carboxylic acid groups (broad SMARTS) is 1. The fourth-order valence-electron chi connectivity index (χ4n) is 2.61. The summed E-state index contributed by atoms with van der Waals surface area (Å²) >= 11 is 0. The van der Waals surface area contributed by atoms with Gasteiger partial charge in [-0.05, 0) is 25.9 Å². The second kappa shape index (κ2) is 7.22. The molecule has 7 heteroatoms. The van der Waals surface area contributed by atoms with E-state index in [0.717, 1.165) is 18.7 Å². The molecular weight excluding hydrogens is 286 g/mol. The van der Waals surface area contributed by atoms with E-state index in [9.17, 15) is 9.59 Å². The molecule has 1 aromatic rings. The van der Waals surface area contributed by atoms with Crippen molar-refractivity contribution in [3.05, 3.63) is 23.5 Å². The maximum absolute atomic E-state index is 11.6. The summed E-state index contributed by atoms with van der Waals surface area (Å²) in [7, 11) is 3.11. The molecule has 0 atom stereocenters. The van der Waals surface area contributed by atoms with Gasteiger partial charge in [-0.25, -0.2) is 0 Å². The highest BCUT2D eigenvalue weighted by atomic mass is 16.5. The summed E-state index contributed by atoms with van der Waals surface area (Å²) in [5.74, 6) is -0.596. The Hall–Kier alpha value is -2.15. The molecule has 0 spiro atoms. The average molecular weight is 307 g/mol. The summed E-state index contributed by atoms with van der Waals surface area (Å²) in [4.78, 5) is 28.9. The first-order valence-electron chi connectivity index (χ1n) is 7.25. The molecule has 2 rings (SSSR count). The number of aliphatic carboxylic acids is 1. The molecule has 2 N–H and O–H groups in total. The van der Waals surface area contributed by atoms with Gasteiger partial charge in [0, 0.05) is 31.4 Å². The quantitative estimate of drug-likeness (QED) is 0.834. The molecule has 0 aromatic carbocycles. The van der Waals surface area contributed by atoms with Crippen LogP contribution in [0.2, 0.25) is 0 Å². The second-order valence-corrected chi connectivity index (χ2v) is 5.35. The van der Waals surface area contributed by atoms with E-state index in [1.807, 2.05) is 0 Å². The van der Waals surface area contributed by atoms with Crippen molar-refractivity contribution in [2.24, 2.45) is 5.92 Å². The Bertz CT molecular complexity index is 554. The molecule has 1 aromatic heterocycles. The minimum atomic E-state index is -0.714. The van der Waals surface area contributed by atoms with Gasteiger partial charge in [-0.2, -0.15) is 0 Å². The van der Waals surface area contributed by atoms with Crippen molar-refractivity contribution in [3.8, 4) is 5.75 Å². The average Bonchev–Trinajstić information content (AvgIpc) is 2.55. The number of nitrogens with one attached hydrogen (secondary N) is 1. The van der Waals surface area contributed by atoms with Crippen LogP contribution in [-0.2, 0) is 11.3 Å². The topological polar surface area (TPSA) is 91.8 Å². The number of ether oxygens (including phenoxy) is 1. The first-order valence-corrected chi connectivity index (χ1v) is 7.25. The molecule has 22 heavy (non-hydrogen) atoms. The van der Waals surface area contributed by atoms with Crippen LogP contribution in [0.25, 0.3) is 0 Å². The maximum atomic E-state index is 11.6. The Morgan fingerprint density at radius 2 is 2.14 bits per heavy atom. The van der Waals surface area contributed by atoms with Gasteiger partial charge in [0.15, 0.2) is 0 Å². The third-order valence-electron chi connectivity index (χ3n) is 3.95. The predicted molar refractivity (Wildman–Crippen MR) is 79.8 cm³/mol. The molecule has 2 heterocycles. The van der Waals surface area contributed by atoms with Gasteiger partial charge in [0.25, 0.3) is 5.91 Å². The highest BCUT2D eigenvalue weighted by Crippen LogP contribution is 2.24. The number of hydrogen-bond acceptors (Lipinski definition) is 5. The highest BCUT2D eigenvalue weighted by Gasteiger charge is 2.25. The first kappa shape index (κ1) is 16.2. The number of carbonyl (C=O) groups excluding carboxylic acids is 1. The van der Waals surface area contributed by atoms with Crippen LogP contribution < -0.4 is 10.1 Å². The van der Waals surface area contributed by atoms with Crippen LogP contribution >= 0.6 is 0 Å². The lowest BCUT2D eigenvalue weighted by atomic mass is 9.97. The molecule has 1 fully saturated rings. The summed E-state index contributed by atoms with van der Waals surface area (Å²) < 4.78 is 5.34. The Balaban J connectivity index is 2.04. The number of amides is 1. The predicted octanol–water partition coefficient (Wildman–Crippen LogP) is 0.746. The van der Waals surface area contributed by atoms with Crippen LogP contribution in [-0.4, -0.2) is 54.1 Å². The SMILES string of the molecule is CNC(=O)c1cc(OC)c(CN2CCC(C(=O)O)CC2)cn1. The van der Waals surface area contributed by atoms with Gasteiger partial charge < -0.3 is 15.2 Å². The van der Waals surface area contributed by atoms with E-state index in [4.69, 9.17) is 9.84 Å². The number of aromatic nitrogens is 1. The van der Waals surface area contributed by atoms with Crippen molar-refractivity contribution in [3.63, 3.8) is 0 Å². The lowest BCUT2D eigenvalue weighted by Crippen LogP contribution is -2.36. The molecule has 7 nitrogen and oxygen atoms in total. The van der Waals surface area contributed by atoms with Crippen molar-refractivity contribution in [2.45, 2.75) is 19.4 Å². The molecule has 0 radical (unpaired) electrons. The van der Waals surface area contributed by atoms with Crippen LogP contribution in [0.3, 0.4) is 0 Å². The second-order valence-electron chi connectivity index (χ2n) is 5.35. The van der Waals surface area contributed by atoms with Crippen molar-refractivity contribution in [1.82, 2.24) is 15.2 Å². The highest BCUT2D eigenvalue weighted by molar-refractivity contribution is 5.92. The molecule has 0 bridgehead atoms. The zero-order valence-corrected chi connectivity index (χ0v) is 12.8. The van der Waals surface area contributed by atoms with Gasteiger partial charge in [0.05, 0.1) is 13.0 Å². The summed E-state index contributed by atoms with van der Waals surface area (Å²) in [5.41, 5.74) is 1.21. The van der Waals surface area contributed by atoms with Crippen molar-refractivity contribution < 1.29 is 19.4 Å². The van der Waals surface area contributed by atoms with Crippen molar-refractivity contribution in [1.29, 1.82) is 0 Å². The number of pyridine rings is 1. The first-order chi connectivity index (χ1) is 10.5. The monoisotopic (exact) mass is 307 g/mol. The van der Waals surface area contributed by atoms with Gasteiger partial charge in [0.2, 0.25) is 0 Å². The van der Waals surface area contributed by atoms with Gasteiger partial charge in [0.1, 0.15) is 11.4 Å². The molecule has 120 valence electrons. The Labute approximate surface area is 129 Å². The fraction of sp³-hybridized carbons (Fsp3) is 0.533. The van der Waals surface area contributed by atoms with Gasteiger partial charge in [-0.1, -0.05) is 0 Å². The number of methoxy groups -OCH3 is 1. The summed E-state index contributed by atoms with van der Waals surface area (Å²) in [5, 5.41) is 11.5. The Morgan fingerprint density at radius 3 is 2.68 bits per heavy atom. The van der Waals surface area contributed by atoms with Crippen LogP contribution in [0.15, 0.2) is 12.3 Å². The largest absolute Gasteiger partial charge is 0.496 e. The molecular formula is C15H21N3O4. The van der Waals surface area contributed by atoms with Gasteiger partial charge >= 0.3 is 5.97 Å². The number of piperidine rings is 1. The third-order valence-corrected chi connectivity index (χ3v) is 3.95. The summed E-state index contributed by atoms with van der Waals surface area (Å²) in [6.45, 7) is 2.10. The van der Waals surface area contributed by atoms with E-state index in [1.165, 1.54) is 0 Å². The Kier molecular flexibility index (Phi) is 5.32. The molecule has 0 saturated carbocycles. The molecule has 1 saturated heterocycles. The van der Waals surface area contributed by atoms with Crippen LogP contribution in [0.1, 0.15) is 28.9 Å². The molecule has 0 unspecified atom stereocenters. The number of likely N-dealkylation sites (tertiary alicyclic amines) is 1. The van der Waals surface area contributed by atoms with E-state index in [1.54, 1.807) is 26.4 Å². The van der Waals surface area contributed by atoms with E-state index in [0.29, 0.717) is 30.8 Å². The fourth-order valence-corrected chi connectivity index (χ4v) is 2.61. The molecule has 0 aliphatic carbocycles. The van der Waals surface area contributed by atoms with Gasteiger partial charge in [-0.3, -0.25) is 19.5 Å². The minimum absolute atomic E-state index is 0.244. The van der Waals surface area contributed by atoms with Crippen molar-refractivity contribution >= 4 is 11.9 Å². The van der Waals surface area contributed by atoms with Crippen LogP contribution in [0, 0.1) is 5.92 Å². The normalized spacial score (nSPS) is 16.3. The van der Waals surface area contributed by atoms with Crippen molar-refractivity contribution in [2.75, 3.05) is 27.2 Å². The zero-order valence-electron chi connectivity index (χ0n) is 12.8. The molecule has 1 aliphatic heterocycles. The molecule has 1 amide bonds. The summed E-state index contributed by atoms with van der Waals surface area (Å²) in [6, 6.07) is 1.62. The van der Waals surface area contributed by atoms with Crippen LogP contribution in [0.5, 0.6) is 5.75 Å². The summed E-state index contributed by atoms with van der Waals surface area (Å²) in [6.07, 6.45) is 2.95. The number of hydrogen-bond donors (Lipinski definition) is 2. The Morgan fingerprint density at radius 1 is 1.45 bits per heavy atom. The lowest BCUT2D eigenvalue weighted by Gasteiger charge is -2.30. The number of carboxylic acids is 1. The maximum Gasteiger partial charge on any atom is 0.306 e. The number of nitrogens with zero attached hydrogens (tertiary/aromatic N) is 2. The molecule has 1 aliphatic rings. The number of carbonyl (C=O) groups is 2.